The van der Waals surface area contributed by atoms with Crippen molar-refractivity contribution in [3.05, 3.63) is 12.2 Å². The fourth-order valence-electron chi connectivity index (χ4n) is 2.76. The molecule has 0 aromatic heterocycles. The van der Waals surface area contributed by atoms with E-state index >= 15 is 0 Å². The summed E-state index contributed by atoms with van der Waals surface area (Å²) in [6.45, 7) is 8.78. The van der Waals surface area contributed by atoms with Crippen molar-refractivity contribution in [3.8, 4) is 0 Å². The molecule has 0 aliphatic carbocycles. The second-order valence-electron chi connectivity index (χ2n) is 5.95. The van der Waals surface area contributed by atoms with Gasteiger partial charge < -0.3 is 20.2 Å². The smallest absolute Gasteiger partial charge is 0.327 e. The summed E-state index contributed by atoms with van der Waals surface area (Å²) in [6.07, 6.45) is 0. The molecule has 23 heavy (non-hydrogen) atoms. The molecular formula is C14H19N3O5S. The fraction of sp³-hybridized carbons (Fsp3) is 0.571. The normalized spacial score (nSPS) is 28.7. The van der Waals surface area contributed by atoms with Gasteiger partial charge in [-0.2, -0.15) is 0 Å². The lowest BCUT2D eigenvalue weighted by atomic mass is 9.96. The van der Waals surface area contributed by atoms with Crippen LogP contribution in [0.15, 0.2) is 17.3 Å². The molecule has 0 bridgehead atoms. The largest absolute Gasteiger partial charge is 0.480 e. The van der Waals surface area contributed by atoms with Crippen molar-refractivity contribution in [2.75, 3.05) is 7.11 Å². The zero-order valence-corrected chi connectivity index (χ0v) is 14.1. The van der Waals surface area contributed by atoms with E-state index in [1.54, 1.807) is 20.8 Å². The van der Waals surface area contributed by atoms with Crippen LogP contribution in [-0.2, 0) is 19.2 Å². The number of thioether (sulfide) groups is 1. The van der Waals surface area contributed by atoms with Gasteiger partial charge in [-0.15, -0.1) is 11.8 Å². The molecule has 2 rings (SSSR count). The van der Waals surface area contributed by atoms with Crippen LogP contribution in [0.4, 0.5) is 0 Å². The number of rotatable bonds is 5. The number of nitrogens with one attached hydrogen (secondary N) is 1. The van der Waals surface area contributed by atoms with Gasteiger partial charge in [-0.05, 0) is 26.3 Å². The highest BCUT2D eigenvalue weighted by Gasteiger charge is 2.64. The van der Waals surface area contributed by atoms with E-state index in [0.29, 0.717) is 5.57 Å². The van der Waals surface area contributed by atoms with Crippen LogP contribution < -0.4 is 5.32 Å². The van der Waals surface area contributed by atoms with Crippen LogP contribution in [0, 0.1) is 0 Å². The summed E-state index contributed by atoms with van der Waals surface area (Å²) in [5, 5.41) is 15.1. The molecule has 0 aromatic carbocycles. The van der Waals surface area contributed by atoms with Crippen molar-refractivity contribution in [2.24, 2.45) is 5.16 Å². The number of nitrogens with zero attached hydrogens (tertiary/aromatic N) is 2. The third kappa shape index (κ3) is 2.80. The Bertz CT molecular complexity index is 616. The van der Waals surface area contributed by atoms with Gasteiger partial charge in [0, 0.05) is 4.75 Å². The lowest BCUT2D eigenvalue weighted by Crippen LogP contribution is -2.71. The summed E-state index contributed by atoms with van der Waals surface area (Å²) in [7, 11) is 1.30. The molecule has 9 heteroatoms. The second-order valence-corrected chi connectivity index (χ2v) is 7.72. The number of hydrogen-bond donors (Lipinski definition) is 2. The van der Waals surface area contributed by atoms with Gasteiger partial charge in [0.15, 0.2) is 5.71 Å². The first-order valence-corrected chi connectivity index (χ1v) is 7.80. The van der Waals surface area contributed by atoms with E-state index in [0.717, 1.165) is 0 Å². The molecular weight excluding hydrogens is 322 g/mol. The lowest BCUT2D eigenvalue weighted by molar-refractivity contribution is -0.160. The molecule has 0 radical (unpaired) electrons. The Hall–Kier alpha value is -2.03. The Morgan fingerprint density at radius 1 is 1.48 bits per heavy atom. The van der Waals surface area contributed by atoms with Gasteiger partial charge >= 0.3 is 5.97 Å². The summed E-state index contributed by atoms with van der Waals surface area (Å²) in [5.74, 6) is -2.03. The Labute approximate surface area is 137 Å². The highest BCUT2D eigenvalue weighted by molar-refractivity contribution is 8.01. The Balaban J connectivity index is 2.15. The molecule has 0 aromatic rings. The zero-order valence-electron chi connectivity index (χ0n) is 13.3. The highest BCUT2D eigenvalue weighted by Crippen LogP contribution is 2.50. The van der Waals surface area contributed by atoms with E-state index in [1.165, 1.54) is 23.8 Å². The van der Waals surface area contributed by atoms with Crippen LogP contribution in [-0.4, -0.2) is 62.8 Å². The molecule has 126 valence electrons. The molecule has 2 heterocycles. The van der Waals surface area contributed by atoms with Gasteiger partial charge in [-0.25, -0.2) is 4.79 Å². The number of β-lactam (4-membered cyclic amide) rings is 1. The summed E-state index contributed by atoms with van der Waals surface area (Å²) in [6, 6.07) is -1.69. The number of amides is 2. The van der Waals surface area contributed by atoms with E-state index in [2.05, 4.69) is 21.9 Å². The van der Waals surface area contributed by atoms with E-state index in [9.17, 15) is 19.5 Å². The van der Waals surface area contributed by atoms with Gasteiger partial charge in [-0.3, -0.25) is 9.59 Å². The third-order valence-electron chi connectivity index (χ3n) is 3.76. The van der Waals surface area contributed by atoms with Gasteiger partial charge in [0.05, 0.1) is 0 Å². The van der Waals surface area contributed by atoms with Gasteiger partial charge in [-0.1, -0.05) is 11.7 Å². The SMILES string of the molecule is C=C(C)/C(=N/OC)C(=O)N[C@@H]1C(=O)N2[C@@H]1SC(C)(C)[C@@H]2C(=O)O. The maximum atomic E-state index is 12.3. The number of carboxylic acids is 1. The van der Waals surface area contributed by atoms with E-state index in [-0.39, 0.29) is 5.71 Å². The monoisotopic (exact) mass is 341 g/mol. The van der Waals surface area contributed by atoms with Crippen LogP contribution in [0.2, 0.25) is 0 Å². The summed E-state index contributed by atoms with van der Waals surface area (Å²) >= 11 is 1.36. The van der Waals surface area contributed by atoms with Crippen LogP contribution in [0.1, 0.15) is 20.8 Å². The van der Waals surface area contributed by atoms with Crippen molar-refractivity contribution < 1.29 is 24.3 Å². The van der Waals surface area contributed by atoms with E-state index < -0.39 is 40.0 Å². The van der Waals surface area contributed by atoms with Crippen molar-refractivity contribution in [1.29, 1.82) is 0 Å². The third-order valence-corrected chi connectivity index (χ3v) is 5.33. The lowest BCUT2D eigenvalue weighted by Gasteiger charge is -2.43. The number of carboxylic acid groups (broad SMARTS) is 1. The van der Waals surface area contributed by atoms with Crippen LogP contribution in [0.25, 0.3) is 0 Å². The number of carbonyl (C=O) groups is 3. The number of fused-ring (bicyclic) bond motifs is 1. The second kappa shape index (κ2) is 5.88. The van der Waals surface area contributed by atoms with Gasteiger partial charge in [0.25, 0.3) is 5.91 Å². The summed E-state index contributed by atoms with van der Waals surface area (Å²) < 4.78 is -0.635. The minimum atomic E-state index is -1.05. The maximum absolute atomic E-state index is 12.3. The van der Waals surface area contributed by atoms with Crippen molar-refractivity contribution in [1.82, 2.24) is 10.2 Å². The minimum Gasteiger partial charge on any atom is -0.480 e. The quantitative estimate of drug-likeness (QED) is 0.420. The average molecular weight is 341 g/mol. The molecule has 2 fully saturated rings. The number of oxime groups is 1. The molecule has 2 amide bonds. The molecule has 0 unspecified atom stereocenters. The molecule has 2 aliphatic heterocycles. The number of carbonyl (C=O) groups excluding carboxylic acids is 2. The molecule has 2 N–H and O–H groups in total. The standard InChI is InChI=1S/C14H19N3O5S/c1-6(2)7(16-22-5)10(18)15-8-11(19)17-9(13(20)21)14(3,4)23-12(8)17/h8-9,12H,1H2,2-5H3,(H,15,18)(H,20,21)/b16-7-/t8-,9+,12-/m1/s1. The predicted molar refractivity (Wildman–Crippen MR) is 84.9 cm³/mol. The van der Waals surface area contributed by atoms with Crippen molar-refractivity contribution in [2.45, 2.75) is 43.0 Å². The van der Waals surface area contributed by atoms with Crippen LogP contribution in [0.3, 0.4) is 0 Å². The first kappa shape index (κ1) is 17.3. The van der Waals surface area contributed by atoms with E-state index in [1.807, 2.05) is 0 Å². The molecule has 8 nitrogen and oxygen atoms in total. The first-order valence-electron chi connectivity index (χ1n) is 6.92. The van der Waals surface area contributed by atoms with Crippen LogP contribution >= 0.6 is 11.8 Å². The minimum absolute atomic E-state index is 0.00390. The first-order chi connectivity index (χ1) is 10.6. The summed E-state index contributed by atoms with van der Waals surface area (Å²) in [4.78, 5) is 41.8. The topological polar surface area (TPSA) is 108 Å². The number of hydrogen-bond acceptors (Lipinski definition) is 6. The molecule has 0 saturated carbocycles. The Morgan fingerprint density at radius 2 is 2.09 bits per heavy atom. The zero-order chi connectivity index (χ0) is 17.5. The molecule has 2 saturated heterocycles. The average Bonchev–Trinajstić information content (AvgIpc) is 2.70. The Kier molecular flexibility index (Phi) is 4.43. The van der Waals surface area contributed by atoms with Crippen LogP contribution in [0.5, 0.6) is 0 Å². The van der Waals surface area contributed by atoms with Gasteiger partial charge in [0.1, 0.15) is 24.6 Å². The number of aliphatic carboxylic acids is 1. The fourth-order valence-corrected chi connectivity index (χ4v) is 4.38. The van der Waals surface area contributed by atoms with Crippen molar-refractivity contribution >= 4 is 35.3 Å². The highest BCUT2D eigenvalue weighted by atomic mass is 32.2. The molecule has 3 atom stereocenters. The summed E-state index contributed by atoms with van der Waals surface area (Å²) in [5.41, 5.74) is 0.395. The predicted octanol–water partition coefficient (Wildman–Crippen LogP) is 0.197. The van der Waals surface area contributed by atoms with Gasteiger partial charge in [0.2, 0.25) is 5.91 Å². The van der Waals surface area contributed by atoms with E-state index in [4.69, 9.17) is 0 Å². The maximum Gasteiger partial charge on any atom is 0.327 e. The molecule has 0 spiro atoms. The Morgan fingerprint density at radius 3 is 2.57 bits per heavy atom. The van der Waals surface area contributed by atoms with Crippen molar-refractivity contribution in [3.63, 3.8) is 0 Å². The molecule has 2 aliphatic rings.